The zero-order chi connectivity index (χ0) is 7.40. The lowest BCUT2D eigenvalue weighted by atomic mass is 9.96. The smallest absolute Gasteiger partial charge is 0.0643 e. The van der Waals surface area contributed by atoms with Crippen LogP contribution in [0.4, 0.5) is 0 Å². The average Bonchev–Trinajstić information content (AvgIpc) is 2.04. The molecule has 1 fully saturated rings. The Bertz CT molecular complexity index is 81.3. The highest BCUT2D eigenvalue weighted by Gasteiger charge is 2.23. The second kappa shape index (κ2) is 3.94. The fourth-order valence-corrected chi connectivity index (χ4v) is 1.47. The fourth-order valence-electron chi connectivity index (χ4n) is 1.47. The summed E-state index contributed by atoms with van der Waals surface area (Å²) in [7, 11) is 1.79. The molecule has 0 radical (unpaired) electrons. The van der Waals surface area contributed by atoms with Gasteiger partial charge in [0.05, 0.1) is 12.7 Å². The Balaban J connectivity index is 2.34. The minimum absolute atomic E-state index is 0.443. The van der Waals surface area contributed by atoms with Gasteiger partial charge in [0.2, 0.25) is 0 Å². The van der Waals surface area contributed by atoms with Gasteiger partial charge in [-0.25, -0.2) is 0 Å². The summed E-state index contributed by atoms with van der Waals surface area (Å²) in [6, 6.07) is 0. The zero-order valence-electron chi connectivity index (χ0n) is 6.80. The third kappa shape index (κ3) is 1.70. The molecule has 0 aromatic carbocycles. The quantitative estimate of drug-likeness (QED) is 0.584. The van der Waals surface area contributed by atoms with Gasteiger partial charge in [-0.3, -0.25) is 0 Å². The van der Waals surface area contributed by atoms with Crippen molar-refractivity contribution in [3.05, 3.63) is 0 Å². The van der Waals surface area contributed by atoms with E-state index in [9.17, 15) is 0 Å². The Morgan fingerprint density at radius 1 is 1.60 bits per heavy atom. The van der Waals surface area contributed by atoms with Crippen molar-refractivity contribution in [3.8, 4) is 0 Å². The van der Waals surface area contributed by atoms with Gasteiger partial charge in [0.15, 0.2) is 0 Å². The van der Waals surface area contributed by atoms with Crippen molar-refractivity contribution < 1.29 is 9.47 Å². The average molecular weight is 144 g/mol. The molecule has 0 bridgehead atoms. The van der Waals surface area contributed by atoms with Crippen LogP contribution in [-0.2, 0) is 9.47 Å². The molecule has 0 spiro atoms. The molecular formula is C8H16O2. The molecule has 2 heteroatoms. The maximum atomic E-state index is 5.33. The fraction of sp³-hybridized carbons (Fsp3) is 1.00. The first-order valence-electron chi connectivity index (χ1n) is 3.99. The van der Waals surface area contributed by atoms with E-state index >= 15 is 0 Å². The van der Waals surface area contributed by atoms with Crippen LogP contribution < -0.4 is 0 Å². The van der Waals surface area contributed by atoms with Crippen LogP contribution in [0.1, 0.15) is 19.8 Å². The Morgan fingerprint density at radius 2 is 2.40 bits per heavy atom. The number of hydrogen-bond acceptors (Lipinski definition) is 2. The summed E-state index contributed by atoms with van der Waals surface area (Å²) in [5, 5.41) is 0. The Labute approximate surface area is 62.5 Å². The first kappa shape index (κ1) is 8.02. The van der Waals surface area contributed by atoms with Crippen molar-refractivity contribution in [3.63, 3.8) is 0 Å². The van der Waals surface area contributed by atoms with Crippen LogP contribution in [0.25, 0.3) is 0 Å². The van der Waals surface area contributed by atoms with Crippen molar-refractivity contribution in [2.75, 3.05) is 20.3 Å². The molecule has 0 N–H and O–H groups in total. The molecule has 2 nitrogen and oxygen atoms in total. The van der Waals surface area contributed by atoms with Gasteiger partial charge in [0.1, 0.15) is 0 Å². The van der Waals surface area contributed by atoms with Gasteiger partial charge in [0, 0.05) is 19.6 Å². The minimum atomic E-state index is 0.443. The predicted molar refractivity (Wildman–Crippen MR) is 40.0 cm³/mol. The molecule has 1 heterocycles. The van der Waals surface area contributed by atoms with Gasteiger partial charge >= 0.3 is 0 Å². The topological polar surface area (TPSA) is 18.5 Å². The Morgan fingerprint density at radius 3 is 2.90 bits per heavy atom. The van der Waals surface area contributed by atoms with Gasteiger partial charge in [-0.15, -0.1) is 0 Å². The maximum absolute atomic E-state index is 5.33. The highest BCUT2D eigenvalue weighted by molar-refractivity contribution is 4.72. The molecule has 2 unspecified atom stereocenters. The molecule has 0 amide bonds. The summed E-state index contributed by atoms with van der Waals surface area (Å²) in [5.74, 6) is 0.624. The van der Waals surface area contributed by atoms with Crippen LogP contribution in [0.15, 0.2) is 0 Å². The standard InChI is InChI=1S/C8H16O2/c1-3-7-6-10-5-4-8(7)9-2/h7-8H,3-6H2,1-2H3. The molecule has 1 rings (SSSR count). The molecule has 0 aromatic rings. The lowest BCUT2D eigenvalue weighted by Crippen LogP contribution is -2.32. The summed E-state index contributed by atoms with van der Waals surface area (Å²) in [6.07, 6.45) is 2.67. The SMILES string of the molecule is CCC1COCCC1OC. The lowest BCUT2D eigenvalue weighted by Gasteiger charge is -2.29. The Hall–Kier alpha value is -0.0800. The molecule has 10 heavy (non-hydrogen) atoms. The number of ether oxygens (including phenoxy) is 2. The van der Waals surface area contributed by atoms with Crippen LogP contribution in [-0.4, -0.2) is 26.4 Å². The molecular weight excluding hydrogens is 128 g/mol. The second-order valence-electron chi connectivity index (χ2n) is 2.81. The zero-order valence-corrected chi connectivity index (χ0v) is 6.80. The second-order valence-corrected chi connectivity index (χ2v) is 2.81. The highest BCUT2D eigenvalue weighted by atomic mass is 16.5. The predicted octanol–water partition coefficient (Wildman–Crippen LogP) is 1.45. The van der Waals surface area contributed by atoms with Crippen molar-refractivity contribution in [1.29, 1.82) is 0 Å². The number of hydrogen-bond donors (Lipinski definition) is 0. The Kier molecular flexibility index (Phi) is 3.16. The molecule has 2 atom stereocenters. The van der Waals surface area contributed by atoms with Crippen LogP contribution in [0, 0.1) is 5.92 Å². The molecule has 1 saturated heterocycles. The largest absolute Gasteiger partial charge is 0.381 e. The van der Waals surface area contributed by atoms with Crippen molar-refractivity contribution in [1.82, 2.24) is 0 Å². The molecule has 0 aliphatic carbocycles. The first-order valence-corrected chi connectivity index (χ1v) is 3.99. The monoisotopic (exact) mass is 144 g/mol. The summed E-state index contributed by atoms with van der Waals surface area (Å²) in [5.41, 5.74) is 0. The van der Waals surface area contributed by atoms with Gasteiger partial charge in [-0.1, -0.05) is 6.92 Å². The van der Waals surface area contributed by atoms with Crippen LogP contribution in [0.5, 0.6) is 0 Å². The number of methoxy groups -OCH3 is 1. The number of rotatable bonds is 2. The highest BCUT2D eigenvalue weighted by Crippen LogP contribution is 2.19. The summed E-state index contributed by atoms with van der Waals surface area (Å²) < 4.78 is 10.6. The third-order valence-corrected chi connectivity index (χ3v) is 2.23. The van der Waals surface area contributed by atoms with Crippen molar-refractivity contribution >= 4 is 0 Å². The molecule has 1 aliphatic heterocycles. The van der Waals surface area contributed by atoms with Crippen molar-refractivity contribution in [2.45, 2.75) is 25.9 Å². The van der Waals surface area contributed by atoms with Gasteiger partial charge in [0.25, 0.3) is 0 Å². The van der Waals surface area contributed by atoms with E-state index in [4.69, 9.17) is 9.47 Å². The van der Waals surface area contributed by atoms with E-state index in [0.717, 1.165) is 19.6 Å². The molecule has 0 aromatic heterocycles. The maximum Gasteiger partial charge on any atom is 0.0643 e. The normalized spacial score (nSPS) is 34.2. The van der Waals surface area contributed by atoms with Gasteiger partial charge < -0.3 is 9.47 Å². The van der Waals surface area contributed by atoms with Crippen LogP contribution >= 0.6 is 0 Å². The van der Waals surface area contributed by atoms with E-state index in [-0.39, 0.29) is 0 Å². The minimum Gasteiger partial charge on any atom is -0.381 e. The summed E-state index contributed by atoms with van der Waals surface area (Å²) in [4.78, 5) is 0. The van der Waals surface area contributed by atoms with Gasteiger partial charge in [-0.05, 0) is 12.8 Å². The summed E-state index contributed by atoms with van der Waals surface area (Å²) in [6.45, 7) is 3.94. The molecule has 1 aliphatic rings. The van der Waals surface area contributed by atoms with E-state index in [2.05, 4.69) is 6.92 Å². The summed E-state index contributed by atoms with van der Waals surface area (Å²) >= 11 is 0. The first-order chi connectivity index (χ1) is 4.88. The van der Waals surface area contributed by atoms with E-state index in [0.29, 0.717) is 12.0 Å². The van der Waals surface area contributed by atoms with Crippen LogP contribution in [0.3, 0.4) is 0 Å². The molecule has 0 saturated carbocycles. The lowest BCUT2D eigenvalue weighted by molar-refractivity contribution is -0.0569. The third-order valence-electron chi connectivity index (χ3n) is 2.23. The van der Waals surface area contributed by atoms with E-state index < -0.39 is 0 Å². The van der Waals surface area contributed by atoms with E-state index in [1.165, 1.54) is 6.42 Å². The van der Waals surface area contributed by atoms with E-state index in [1.54, 1.807) is 7.11 Å². The van der Waals surface area contributed by atoms with Crippen molar-refractivity contribution in [2.24, 2.45) is 5.92 Å². The van der Waals surface area contributed by atoms with Gasteiger partial charge in [-0.2, -0.15) is 0 Å². The van der Waals surface area contributed by atoms with Crippen LogP contribution in [0.2, 0.25) is 0 Å². The molecule has 60 valence electrons. The van der Waals surface area contributed by atoms with E-state index in [1.807, 2.05) is 0 Å².